The highest BCUT2D eigenvalue weighted by atomic mass is 16.5. The predicted octanol–water partition coefficient (Wildman–Crippen LogP) is 2.26. The van der Waals surface area contributed by atoms with Crippen LogP contribution in [0.5, 0.6) is 0 Å². The quantitative estimate of drug-likeness (QED) is 0.789. The van der Waals surface area contributed by atoms with Crippen molar-refractivity contribution in [2.45, 2.75) is 39.7 Å². The molecule has 0 amide bonds. The first-order valence-electron chi connectivity index (χ1n) is 7.34. The Morgan fingerprint density at radius 3 is 2.70 bits per heavy atom. The second-order valence-corrected chi connectivity index (χ2v) is 6.37. The first-order valence-corrected chi connectivity index (χ1v) is 7.34. The molecule has 0 radical (unpaired) electrons. The van der Waals surface area contributed by atoms with E-state index in [9.17, 15) is 0 Å². The van der Waals surface area contributed by atoms with Crippen molar-refractivity contribution in [1.29, 1.82) is 0 Å². The molecular weight excluding hydrogens is 294 g/mol. The van der Waals surface area contributed by atoms with Crippen LogP contribution >= 0.6 is 0 Å². The van der Waals surface area contributed by atoms with Gasteiger partial charge in [-0.25, -0.2) is 4.68 Å². The van der Waals surface area contributed by atoms with Gasteiger partial charge in [-0.05, 0) is 41.1 Å². The molecule has 0 aliphatic rings. The van der Waals surface area contributed by atoms with Crippen molar-refractivity contribution >= 4 is 5.69 Å². The van der Waals surface area contributed by atoms with Crippen molar-refractivity contribution in [3.63, 3.8) is 0 Å². The van der Waals surface area contributed by atoms with E-state index >= 15 is 0 Å². The highest BCUT2D eigenvalue weighted by Gasteiger charge is 2.21. The van der Waals surface area contributed by atoms with E-state index in [0.29, 0.717) is 18.3 Å². The van der Waals surface area contributed by atoms with Gasteiger partial charge in [0.05, 0.1) is 12.2 Å². The van der Waals surface area contributed by atoms with E-state index < -0.39 is 0 Å². The zero-order valence-electron chi connectivity index (χ0n) is 13.6. The summed E-state index contributed by atoms with van der Waals surface area (Å²) in [7, 11) is 0. The summed E-state index contributed by atoms with van der Waals surface area (Å²) in [4.78, 5) is 4.41. The number of benzene rings is 1. The number of aryl methyl sites for hydroxylation is 1. The molecule has 0 bridgehead atoms. The normalized spacial score (nSPS) is 11.7. The fraction of sp³-hybridized carbons (Fsp3) is 0.400. The molecule has 1 aromatic carbocycles. The summed E-state index contributed by atoms with van der Waals surface area (Å²) in [6, 6.07) is 5.96. The van der Waals surface area contributed by atoms with Gasteiger partial charge in [0.25, 0.3) is 0 Å². The fourth-order valence-electron chi connectivity index (χ4n) is 2.11. The molecule has 0 spiro atoms. The third-order valence-corrected chi connectivity index (χ3v) is 3.35. The molecule has 0 atom stereocenters. The maximum absolute atomic E-state index is 5.28. The standard InChI is InChI=1S/C15H19N7O/c1-10-7-11(5-6-12(10)22-9-17-20-21-22)16-8-13-18-14(23-19-13)15(2,3)4/h5-7,9,16H,8H2,1-4H3. The molecule has 2 aromatic heterocycles. The first-order chi connectivity index (χ1) is 10.9. The minimum atomic E-state index is -0.144. The number of nitrogens with zero attached hydrogens (tertiary/aromatic N) is 6. The fourth-order valence-corrected chi connectivity index (χ4v) is 2.11. The molecule has 2 heterocycles. The minimum absolute atomic E-state index is 0.144. The smallest absolute Gasteiger partial charge is 0.232 e. The molecule has 8 nitrogen and oxygen atoms in total. The lowest BCUT2D eigenvalue weighted by Gasteiger charge is -2.10. The average Bonchev–Trinajstić information content (AvgIpc) is 3.16. The molecule has 23 heavy (non-hydrogen) atoms. The Bertz CT molecular complexity index is 787. The Hall–Kier alpha value is -2.77. The van der Waals surface area contributed by atoms with Crippen LogP contribution in [-0.2, 0) is 12.0 Å². The van der Waals surface area contributed by atoms with Crippen molar-refractivity contribution in [3.8, 4) is 5.69 Å². The summed E-state index contributed by atoms with van der Waals surface area (Å²) >= 11 is 0. The Morgan fingerprint density at radius 1 is 1.26 bits per heavy atom. The van der Waals surface area contributed by atoms with Crippen LogP contribution in [0.2, 0.25) is 0 Å². The van der Waals surface area contributed by atoms with Crippen LogP contribution in [0.15, 0.2) is 29.0 Å². The highest BCUT2D eigenvalue weighted by Crippen LogP contribution is 2.21. The molecular formula is C15H19N7O. The summed E-state index contributed by atoms with van der Waals surface area (Å²) < 4.78 is 6.92. The number of aromatic nitrogens is 6. The summed E-state index contributed by atoms with van der Waals surface area (Å²) in [5.41, 5.74) is 2.83. The zero-order valence-corrected chi connectivity index (χ0v) is 13.6. The summed E-state index contributed by atoms with van der Waals surface area (Å²) in [5.74, 6) is 1.27. The van der Waals surface area contributed by atoms with E-state index in [-0.39, 0.29) is 5.41 Å². The van der Waals surface area contributed by atoms with Gasteiger partial charge >= 0.3 is 0 Å². The molecule has 0 fully saturated rings. The van der Waals surface area contributed by atoms with Crippen molar-refractivity contribution < 1.29 is 4.52 Å². The number of hydrogen-bond acceptors (Lipinski definition) is 7. The Morgan fingerprint density at radius 2 is 2.09 bits per heavy atom. The molecule has 120 valence electrons. The lowest BCUT2D eigenvalue weighted by atomic mass is 9.97. The van der Waals surface area contributed by atoms with Crippen LogP contribution < -0.4 is 5.32 Å². The van der Waals surface area contributed by atoms with E-state index in [0.717, 1.165) is 16.9 Å². The lowest BCUT2D eigenvalue weighted by Crippen LogP contribution is -2.12. The number of nitrogens with one attached hydrogen (secondary N) is 1. The van der Waals surface area contributed by atoms with Gasteiger partial charge in [-0.2, -0.15) is 4.98 Å². The zero-order chi connectivity index (χ0) is 16.4. The third-order valence-electron chi connectivity index (χ3n) is 3.35. The van der Waals surface area contributed by atoms with Crippen LogP contribution in [-0.4, -0.2) is 30.3 Å². The minimum Gasteiger partial charge on any atom is -0.378 e. The largest absolute Gasteiger partial charge is 0.378 e. The van der Waals surface area contributed by atoms with Gasteiger partial charge in [0, 0.05) is 11.1 Å². The summed E-state index contributed by atoms with van der Waals surface area (Å²) in [6.07, 6.45) is 1.57. The second-order valence-electron chi connectivity index (χ2n) is 6.37. The van der Waals surface area contributed by atoms with Gasteiger partial charge < -0.3 is 9.84 Å². The molecule has 0 saturated heterocycles. The molecule has 0 aliphatic carbocycles. The van der Waals surface area contributed by atoms with Gasteiger partial charge in [-0.3, -0.25) is 0 Å². The Labute approximate surface area is 133 Å². The lowest BCUT2D eigenvalue weighted by molar-refractivity contribution is 0.318. The molecule has 0 aliphatic heterocycles. The maximum atomic E-state index is 5.28. The Balaban J connectivity index is 1.69. The first kappa shape index (κ1) is 15.1. The van der Waals surface area contributed by atoms with Crippen LogP contribution in [0.3, 0.4) is 0 Å². The van der Waals surface area contributed by atoms with Crippen LogP contribution in [0.25, 0.3) is 5.69 Å². The molecule has 1 N–H and O–H groups in total. The number of hydrogen-bond donors (Lipinski definition) is 1. The van der Waals surface area contributed by atoms with E-state index in [1.165, 1.54) is 0 Å². The van der Waals surface area contributed by atoms with Gasteiger partial charge in [0.2, 0.25) is 5.89 Å². The summed E-state index contributed by atoms with van der Waals surface area (Å²) in [6.45, 7) is 8.63. The van der Waals surface area contributed by atoms with Crippen molar-refractivity contribution in [3.05, 3.63) is 41.8 Å². The number of rotatable bonds is 4. The number of tetrazole rings is 1. The average molecular weight is 313 g/mol. The predicted molar refractivity (Wildman–Crippen MR) is 84.2 cm³/mol. The topological polar surface area (TPSA) is 94.6 Å². The SMILES string of the molecule is Cc1cc(NCc2noc(C(C)(C)C)n2)ccc1-n1cnnn1. The molecule has 3 aromatic rings. The second kappa shape index (κ2) is 5.79. The molecule has 0 unspecified atom stereocenters. The molecule has 8 heteroatoms. The van der Waals surface area contributed by atoms with Crippen molar-refractivity contribution in [2.75, 3.05) is 5.32 Å². The van der Waals surface area contributed by atoms with Crippen LogP contribution in [0.4, 0.5) is 5.69 Å². The van der Waals surface area contributed by atoms with Gasteiger partial charge in [0.15, 0.2) is 5.82 Å². The number of anilines is 1. The van der Waals surface area contributed by atoms with Gasteiger partial charge in [0.1, 0.15) is 6.33 Å². The van der Waals surface area contributed by atoms with E-state index in [1.807, 2.05) is 45.9 Å². The van der Waals surface area contributed by atoms with Gasteiger partial charge in [-0.1, -0.05) is 25.9 Å². The summed E-state index contributed by atoms with van der Waals surface area (Å²) in [5, 5.41) is 18.5. The Kier molecular flexibility index (Phi) is 3.81. The molecule has 0 saturated carbocycles. The van der Waals surface area contributed by atoms with Crippen LogP contribution in [0.1, 0.15) is 38.0 Å². The molecule has 3 rings (SSSR count). The highest BCUT2D eigenvalue weighted by molar-refractivity contribution is 5.53. The van der Waals surface area contributed by atoms with Crippen LogP contribution in [0, 0.1) is 6.92 Å². The maximum Gasteiger partial charge on any atom is 0.232 e. The van der Waals surface area contributed by atoms with Crippen molar-refractivity contribution in [2.24, 2.45) is 0 Å². The van der Waals surface area contributed by atoms with E-state index in [4.69, 9.17) is 4.52 Å². The van der Waals surface area contributed by atoms with E-state index in [2.05, 4.69) is 31.0 Å². The van der Waals surface area contributed by atoms with E-state index in [1.54, 1.807) is 11.0 Å². The monoisotopic (exact) mass is 313 g/mol. The van der Waals surface area contributed by atoms with Crippen molar-refractivity contribution in [1.82, 2.24) is 30.3 Å². The van der Waals surface area contributed by atoms with Gasteiger partial charge in [-0.15, -0.1) is 5.10 Å². The third kappa shape index (κ3) is 3.36.